The van der Waals surface area contributed by atoms with Gasteiger partial charge in [-0.05, 0) is 31.2 Å². The minimum Gasteiger partial charge on any atom is -0.306 e. The molecule has 1 N–H and O–H groups in total. The lowest BCUT2D eigenvalue weighted by atomic mass is 10.4. The lowest BCUT2D eigenvalue weighted by Crippen LogP contribution is -2.34. The van der Waals surface area contributed by atoms with E-state index in [0.29, 0.717) is 5.02 Å². The Kier molecular flexibility index (Phi) is 8.83. The van der Waals surface area contributed by atoms with Crippen molar-refractivity contribution in [2.45, 2.75) is 17.6 Å². The Labute approximate surface area is 151 Å². The topological polar surface area (TPSA) is 81.7 Å². The highest BCUT2D eigenvalue weighted by Gasteiger charge is 2.35. The summed E-state index contributed by atoms with van der Waals surface area (Å²) in [7, 11) is -7.67. The van der Waals surface area contributed by atoms with E-state index >= 15 is 0 Å². The molecular weight excluding hydrogens is 408 g/mol. The summed E-state index contributed by atoms with van der Waals surface area (Å²) in [6.07, 6.45) is 0. The van der Waals surface area contributed by atoms with Gasteiger partial charge >= 0.3 is 7.60 Å². The van der Waals surface area contributed by atoms with Crippen molar-refractivity contribution in [3.05, 3.63) is 29.3 Å². The van der Waals surface area contributed by atoms with Gasteiger partial charge in [-0.1, -0.05) is 11.6 Å². The number of alkyl halides is 2. The Hall–Kier alpha value is 0.150. The summed E-state index contributed by atoms with van der Waals surface area (Å²) in [6, 6.07) is 5.55. The predicted octanol–water partition coefficient (Wildman–Crippen LogP) is 3.67. The first-order valence-electron chi connectivity index (χ1n) is 6.54. The molecule has 0 spiro atoms. The lowest BCUT2D eigenvalue weighted by molar-refractivity contribution is 0.213. The van der Waals surface area contributed by atoms with Crippen LogP contribution in [0.15, 0.2) is 29.2 Å². The smallest absolute Gasteiger partial charge is 0.306 e. The number of rotatable bonds is 10. The van der Waals surface area contributed by atoms with Crippen molar-refractivity contribution >= 4 is 52.4 Å². The number of halogens is 3. The fraction of sp³-hybridized carbons (Fsp3) is 0.500. The zero-order chi connectivity index (χ0) is 17.5. The molecule has 6 nitrogen and oxygen atoms in total. The number of benzene rings is 1. The maximum Gasteiger partial charge on any atom is 0.348 e. The third-order valence-electron chi connectivity index (χ3n) is 2.62. The van der Waals surface area contributed by atoms with E-state index in [4.69, 9.17) is 43.9 Å². The summed E-state index contributed by atoms with van der Waals surface area (Å²) >= 11 is 16.8. The second kappa shape index (κ2) is 9.59. The molecule has 0 radical (unpaired) electrons. The van der Waals surface area contributed by atoms with Crippen LogP contribution in [0.2, 0.25) is 5.02 Å². The summed E-state index contributed by atoms with van der Waals surface area (Å²) < 4.78 is 49.9. The van der Waals surface area contributed by atoms with Gasteiger partial charge in [0.2, 0.25) is 10.0 Å². The van der Waals surface area contributed by atoms with E-state index in [1.807, 2.05) is 0 Å². The van der Waals surface area contributed by atoms with E-state index in [-0.39, 0.29) is 29.9 Å². The van der Waals surface area contributed by atoms with Crippen LogP contribution >= 0.6 is 42.4 Å². The number of hydrogen-bond donors (Lipinski definition) is 1. The number of hydrogen-bond acceptors (Lipinski definition) is 5. The Morgan fingerprint density at radius 3 is 2.04 bits per heavy atom. The number of sulfonamides is 1. The third-order valence-corrected chi connectivity index (χ3v) is 7.08. The average molecular weight is 425 g/mol. The molecule has 0 aliphatic heterocycles. The van der Waals surface area contributed by atoms with E-state index in [1.165, 1.54) is 31.2 Å². The van der Waals surface area contributed by atoms with Gasteiger partial charge in [-0.3, -0.25) is 4.57 Å². The first kappa shape index (κ1) is 21.2. The van der Waals surface area contributed by atoms with Crippen molar-refractivity contribution in [3.63, 3.8) is 0 Å². The predicted molar refractivity (Wildman–Crippen MR) is 92.2 cm³/mol. The molecule has 0 aliphatic rings. The molecule has 1 unspecified atom stereocenters. The molecule has 0 aromatic heterocycles. The van der Waals surface area contributed by atoms with Gasteiger partial charge in [0, 0.05) is 16.8 Å². The SMILES string of the molecule is CC(NS(=O)(=O)c1ccc(Cl)cc1)P(=O)(OCCCl)OCCCl. The van der Waals surface area contributed by atoms with Crippen LogP contribution in [0.25, 0.3) is 0 Å². The van der Waals surface area contributed by atoms with Gasteiger partial charge in [0.15, 0.2) is 0 Å². The van der Waals surface area contributed by atoms with Crippen LogP contribution in [0.1, 0.15) is 6.92 Å². The molecule has 11 heteroatoms. The zero-order valence-electron chi connectivity index (χ0n) is 12.2. The minimum absolute atomic E-state index is 0.0185. The van der Waals surface area contributed by atoms with Gasteiger partial charge in [0.1, 0.15) is 5.78 Å². The first-order chi connectivity index (χ1) is 10.7. The molecule has 1 aromatic rings. The van der Waals surface area contributed by atoms with Crippen molar-refractivity contribution in [1.82, 2.24) is 4.72 Å². The summed E-state index contributed by atoms with van der Waals surface area (Å²) in [4.78, 5) is -0.0185. The second-order valence-electron chi connectivity index (χ2n) is 4.34. The maximum atomic E-state index is 12.7. The van der Waals surface area contributed by atoms with Gasteiger partial charge < -0.3 is 9.05 Å². The molecule has 0 heterocycles. The van der Waals surface area contributed by atoms with Gasteiger partial charge in [-0.25, -0.2) is 8.42 Å². The van der Waals surface area contributed by atoms with Crippen LogP contribution < -0.4 is 4.72 Å². The van der Waals surface area contributed by atoms with Gasteiger partial charge in [-0.15, -0.1) is 23.2 Å². The quantitative estimate of drug-likeness (QED) is 0.458. The summed E-state index contributed by atoms with van der Waals surface area (Å²) in [5.41, 5.74) is 0. The molecule has 1 atom stereocenters. The van der Waals surface area contributed by atoms with E-state index in [9.17, 15) is 13.0 Å². The Morgan fingerprint density at radius 1 is 1.13 bits per heavy atom. The molecule has 23 heavy (non-hydrogen) atoms. The first-order valence-corrected chi connectivity index (χ1v) is 11.1. The average Bonchev–Trinajstić information content (AvgIpc) is 2.51. The molecule has 0 saturated heterocycles. The monoisotopic (exact) mass is 423 g/mol. The molecule has 1 aromatic carbocycles. The lowest BCUT2D eigenvalue weighted by Gasteiger charge is -2.24. The number of nitrogens with one attached hydrogen (secondary N) is 1. The Morgan fingerprint density at radius 2 is 1.61 bits per heavy atom. The van der Waals surface area contributed by atoms with Crippen molar-refractivity contribution < 1.29 is 22.0 Å². The van der Waals surface area contributed by atoms with Crippen LogP contribution in [0.5, 0.6) is 0 Å². The van der Waals surface area contributed by atoms with E-state index < -0.39 is 23.4 Å². The van der Waals surface area contributed by atoms with Crippen molar-refractivity contribution in [2.24, 2.45) is 0 Å². The zero-order valence-corrected chi connectivity index (χ0v) is 16.2. The van der Waals surface area contributed by atoms with E-state index in [1.54, 1.807) is 0 Å². The highest BCUT2D eigenvalue weighted by atomic mass is 35.5. The Bertz CT molecular complexity index is 629. The molecule has 0 fully saturated rings. The van der Waals surface area contributed by atoms with Crippen LogP contribution in [0.3, 0.4) is 0 Å². The molecule has 132 valence electrons. The van der Waals surface area contributed by atoms with Gasteiger partial charge in [0.05, 0.1) is 18.1 Å². The fourth-order valence-corrected chi connectivity index (χ4v) is 5.28. The molecule has 0 aliphatic carbocycles. The standard InChI is InChI=1S/C12H17Cl3NO5PS/c1-10(22(17,20-8-6-13)21-9-7-14)16-23(18,19)12-4-2-11(15)3-5-12/h2-5,10,16H,6-9H2,1H3. The molecule has 0 amide bonds. The van der Waals surface area contributed by atoms with Crippen LogP contribution in [0, 0.1) is 0 Å². The third kappa shape index (κ3) is 6.52. The summed E-state index contributed by atoms with van der Waals surface area (Å²) in [5, 5.41) is 0.401. The maximum absolute atomic E-state index is 12.7. The normalized spacial score (nSPS) is 13.9. The van der Waals surface area contributed by atoms with Crippen LogP contribution in [0.4, 0.5) is 0 Å². The second-order valence-corrected chi connectivity index (χ2v) is 9.61. The van der Waals surface area contributed by atoms with Crippen LogP contribution in [-0.4, -0.2) is 39.2 Å². The van der Waals surface area contributed by atoms with Gasteiger partial charge in [-0.2, -0.15) is 4.72 Å². The molecule has 1 rings (SSSR count). The summed E-state index contributed by atoms with van der Waals surface area (Å²) in [6.45, 7) is 1.29. The van der Waals surface area contributed by atoms with Crippen molar-refractivity contribution in [1.29, 1.82) is 0 Å². The van der Waals surface area contributed by atoms with E-state index in [0.717, 1.165) is 0 Å². The minimum atomic E-state index is -3.92. The fourth-order valence-electron chi connectivity index (χ4n) is 1.56. The van der Waals surface area contributed by atoms with E-state index in [2.05, 4.69) is 4.72 Å². The van der Waals surface area contributed by atoms with Crippen molar-refractivity contribution in [2.75, 3.05) is 25.0 Å². The molecule has 0 saturated carbocycles. The van der Waals surface area contributed by atoms with Crippen LogP contribution in [-0.2, 0) is 23.6 Å². The molecule has 0 bridgehead atoms. The highest BCUT2D eigenvalue weighted by molar-refractivity contribution is 7.89. The van der Waals surface area contributed by atoms with Crippen molar-refractivity contribution in [3.8, 4) is 0 Å². The highest BCUT2D eigenvalue weighted by Crippen LogP contribution is 2.52. The largest absolute Gasteiger partial charge is 0.348 e. The Balaban J connectivity index is 2.93. The van der Waals surface area contributed by atoms with Gasteiger partial charge in [0.25, 0.3) is 0 Å². The molecular formula is C12H17Cl3NO5PS. The summed E-state index contributed by atoms with van der Waals surface area (Å²) in [5.74, 6) is -0.940.